The van der Waals surface area contributed by atoms with Crippen LogP contribution < -0.4 is 5.32 Å². The van der Waals surface area contributed by atoms with Crippen LogP contribution >= 0.6 is 22.6 Å². The first-order valence-corrected chi connectivity index (χ1v) is 8.35. The number of hydrogen-bond acceptors (Lipinski definition) is 4. The number of aryl methyl sites for hydroxylation is 1. The molecule has 0 aromatic carbocycles. The summed E-state index contributed by atoms with van der Waals surface area (Å²) in [4.78, 5) is 13.8. The first kappa shape index (κ1) is 16.1. The number of nitrogens with zero attached hydrogens (tertiary/aromatic N) is 3. The van der Waals surface area contributed by atoms with Crippen LogP contribution in [0, 0.1) is 10.5 Å². The van der Waals surface area contributed by atoms with Crippen LogP contribution in [-0.4, -0.2) is 21.5 Å². The Morgan fingerprint density at radius 3 is 2.57 bits per heavy atom. The van der Waals surface area contributed by atoms with Gasteiger partial charge in [-0.15, -0.1) is 0 Å². The van der Waals surface area contributed by atoms with E-state index < -0.39 is 0 Å². The first-order chi connectivity index (χ1) is 10.0. The van der Waals surface area contributed by atoms with Gasteiger partial charge < -0.3 is 5.32 Å². The average Bonchev–Trinajstić information content (AvgIpc) is 2.47. The Hall–Kier alpha value is -1.24. The van der Waals surface area contributed by atoms with E-state index in [1.165, 1.54) is 0 Å². The van der Waals surface area contributed by atoms with Crippen LogP contribution in [0.5, 0.6) is 0 Å². The summed E-state index contributed by atoms with van der Waals surface area (Å²) in [6.07, 6.45) is 2.91. The lowest BCUT2D eigenvalue weighted by Gasteiger charge is -2.14. The number of anilines is 1. The van der Waals surface area contributed by atoms with E-state index in [0.717, 1.165) is 45.1 Å². The maximum atomic E-state index is 4.74. The molecule has 0 bridgehead atoms. The molecule has 0 aliphatic heterocycles. The Morgan fingerprint density at radius 2 is 2.00 bits per heavy atom. The van der Waals surface area contributed by atoms with Crippen LogP contribution in [0.2, 0.25) is 0 Å². The van der Waals surface area contributed by atoms with Gasteiger partial charge in [0.2, 0.25) is 0 Å². The molecule has 0 spiro atoms. The Kier molecular flexibility index (Phi) is 5.50. The third kappa shape index (κ3) is 3.90. The maximum Gasteiger partial charge on any atom is 0.163 e. The second kappa shape index (κ2) is 7.15. The molecule has 0 saturated carbocycles. The Balaban J connectivity index is 2.50. The lowest BCUT2D eigenvalue weighted by Crippen LogP contribution is -2.10. The average molecular weight is 396 g/mol. The smallest absolute Gasteiger partial charge is 0.163 e. The summed E-state index contributed by atoms with van der Waals surface area (Å²) in [6, 6.07) is 4.02. The van der Waals surface area contributed by atoms with Crippen molar-refractivity contribution in [3.05, 3.63) is 33.3 Å². The van der Waals surface area contributed by atoms with Gasteiger partial charge >= 0.3 is 0 Å². The minimum Gasteiger partial charge on any atom is -0.369 e. The zero-order chi connectivity index (χ0) is 15.4. The fourth-order valence-corrected chi connectivity index (χ4v) is 2.99. The fraction of sp³-hybridized carbons (Fsp3) is 0.438. The Morgan fingerprint density at radius 1 is 1.24 bits per heavy atom. The summed E-state index contributed by atoms with van der Waals surface area (Å²) < 4.78 is 1.11. The van der Waals surface area contributed by atoms with E-state index >= 15 is 0 Å². The molecule has 5 heteroatoms. The number of halogens is 1. The van der Waals surface area contributed by atoms with Gasteiger partial charge in [-0.1, -0.05) is 20.8 Å². The highest BCUT2D eigenvalue weighted by molar-refractivity contribution is 14.1. The van der Waals surface area contributed by atoms with E-state index in [9.17, 15) is 0 Å². The van der Waals surface area contributed by atoms with Gasteiger partial charge in [-0.3, -0.25) is 4.98 Å². The number of nitrogens with one attached hydrogen (secondary N) is 1. The summed E-state index contributed by atoms with van der Waals surface area (Å²) in [5, 5.41) is 3.40. The molecular weight excluding hydrogens is 375 g/mol. The summed E-state index contributed by atoms with van der Waals surface area (Å²) in [7, 11) is 0. The van der Waals surface area contributed by atoms with Gasteiger partial charge in [-0.2, -0.15) is 0 Å². The van der Waals surface area contributed by atoms with Gasteiger partial charge in [0.1, 0.15) is 5.82 Å². The Labute approximate surface area is 140 Å². The standard InChI is InChI=1S/C16H21IN4/c1-5-8-18-16-13(17)14(10(2)3)20-15(21-16)12-7-6-11(4)19-9-12/h6-7,9-10H,5,8H2,1-4H3,(H,18,20,21). The van der Waals surface area contributed by atoms with Crippen molar-refractivity contribution < 1.29 is 0 Å². The minimum atomic E-state index is 0.360. The molecule has 2 rings (SSSR count). The van der Waals surface area contributed by atoms with Crippen LogP contribution in [0.3, 0.4) is 0 Å². The molecule has 1 N–H and O–H groups in total. The van der Waals surface area contributed by atoms with Crippen molar-refractivity contribution in [3.63, 3.8) is 0 Å². The third-order valence-corrected chi connectivity index (χ3v) is 4.20. The molecule has 0 saturated heterocycles. The topological polar surface area (TPSA) is 50.7 Å². The van der Waals surface area contributed by atoms with Gasteiger partial charge in [-0.05, 0) is 54.0 Å². The summed E-state index contributed by atoms with van der Waals surface area (Å²) in [5.74, 6) is 2.02. The van der Waals surface area contributed by atoms with Gasteiger partial charge in [0.05, 0.1) is 9.26 Å². The molecule has 0 unspecified atom stereocenters. The number of aromatic nitrogens is 3. The SMILES string of the molecule is CCCNc1nc(-c2ccc(C)nc2)nc(C(C)C)c1I. The number of hydrogen-bond donors (Lipinski definition) is 1. The van der Waals surface area contributed by atoms with E-state index in [1.807, 2.05) is 25.3 Å². The second-order valence-electron chi connectivity index (χ2n) is 5.36. The zero-order valence-corrected chi connectivity index (χ0v) is 15.1. The molecule has 4 nitrogen and oxygen atoms in total. The van der Waals surface area contributed by atoms with Crippen molar-refractivity contribution in [3.8, 4) is 11.4 Å². The zero-order valence-electron chi connectivity index (χ0n) is 12.9. The van der Waals surface area contributed by atoms with Gasteiger partial charge in [0, 0.05) is 24.0 Å². The van der Waals surface area contributed by atoms with E-state index in [-0.39, 0.29) is 0 Å². The molecule has 112 valence electrons. The molecule has 2 heterocycles. The molecule has 0 radical (unpaired) electrons. The van der Waals surface area contributed by atoms with Gasteiger partial charge in [-0.25, -0.2) is 9.97 Å². The van der Waals surface area contributed by atoms with Crippen LogP contribution in [0.15, 0.2) is 18.3 Å². The quantitative estimate of drug-likeness (QED) is 0.762. The summed E-state index contributed by atoms with van der Waals surface area (Å²) in [5.41, 5.74) is 3.04. The van der Waals surface area contributed by atoms with Crippen molar-refractivity contribution in [2.75, 3.05) is 11.9 Å². The molecule has 0 aliphatic rings. The van der Waals surface area contributed by atoms with E-state index in [1.54, 1.807) is 0 Å². The lowest BCUT2D eigenvalue weighted by atomic mass is 10.1. The van der Waals surface area contributed by atoms with Crippen molar-refractivity contribution in [1.82, 2.24) is 15.0 Å². The molecule has 2 aromatic heterocycles. The molecule has 21 heavy (non-hydrogen) atoms. The first-order valence-electron chi connectivity index (χ1n) is 7.27. The minimum absolute atomic E-state index is 0.360. The van der Waals surface area contributed by atoms with E-state index in [2.05, 4.69) is 58.6 Å². The van der Waals surface area contributed by atoms with Gasteiger partial charge in [0.25, 0.3) is 0 Å². The van der Waals surface area contributed by atoms with Crippen molar-refractivity contribution in [2.24, 2.45) is 0 Å². The normalized spacial score (nSPS) is 11.0. The monoisotopic (exact) mass is 396 g/mol. The van der Waals surface area contributed by atoms with Crippen LogP contribution in [-0.2, 0) is 0 Å². The maximum absolute atomic E-state index is 4.74. The van der Waals surface area contributed by atoms with Gasteiger partial charge in [0.15, 0.2) is 5.82 Å². The highest BCUT2D eigenvalue weighted by atomic mass is 127. The predicted molar refractivity (Wildman–Crippen MR) is 95.6 cm³/mol. The van der Waals surface area contributed by atoms with E-state index in [0.29, 0.717) is 5.92 Å². The Bertz CT molecular complexity index is 608. The molecule has 0 aliphatic carbocycles. The van der Waals surface area contributed by atoms with Crippen LogP contribution in [0.1, 0.15) is 44.5 Å². The highest BCUT2D eigenvalue weighted by Gasteiger charge is 2.15. The second-order valence-corrected chi connectivity index (χ2v) is 6.44. The number of pyridine rings is 1. The third-order valence-electron chi connectivity index (χ3n) is 3.14. The van der Waals surface area contributed by atoms with Crippen molar-refractivity contribution in [1.29, 1.82) is 0 Å². The lowest BCUT2D eigenvalue weighted by molar-refractivity contribution is 0.807. The molecule has 0 atom stereocenters. The molecular formula is C16H21IN4. The van der Waals surface area contributed by atoms with Crippen molar-refractivity contribution in [2.45, 2.75) is 40.0 Å². The van der Waals surface area contributed by atoms with Crippen molar-refractivity contribution >= 4 is 28.4 Å². The number of rotatable bonds is 5. The van der Waals surface area contributed by atoms with E-state index in [4.69, 9.17) is 4.98 Å². The summed E-state index contributed by atoms with van der Waals surface area (Å²) in [6.45, 7) is 9.36. The molecule has 0 fully saturated rings. The highest BCUT2D eigenvalue weighted by Crippen LogP contribution is 2.28. The van der Waals surface area contributed by atoms with Crippen LogP contribution in [0.4, 0.5) is 5.82 Å². The van der Waals surface area contributed by atoms with Crippen LogP contribution in [0.25, 0.3) is 11.4 Å². The molecule has 2 aromatic rings. The molecule has 0 amide bonds. The predicted octanol–water partition coefficient (Wildman–Crippen LogP) is 4.40. The summed E-state index contributed by atoms with van der Waals surface area (Å²) >= 11 is 2.33. The fourth-order valence-electron chi connectivity index (χ4n) is 1.94. The largest absolute Gasteiger partial charge is 0.369 e.